The summed E-state index contributed by atoms with van der Waals surface area (Å²) < 4.78 is 14.3. The van der Waals surface area contributed by atoms with E-state index < -0.39 is 5.82 Å². The number of aliphatic hydroxyl groups excluding tert-OH is 1. The molecule has 2 rings (SSSR count). The number of rotatable bonds is 2. The molecule has 0 atom stereocenters. The van der Waals surface area contributed by atoms with Gasteiger partial charge < -0.3 is 10.4 Å². The van der Waals surface area contributed by atoms with Gasteiger partial charge in [-0.1, -0.05) is 11.8 Å². The molecule has 0 fully saturated rings. The summed E-state index contributed by atoms with van der Waals surface area (Å²) in [6.07, 6.45) is 0. The monoisotopic (exact) mass is 353 g/mol. The molecule has 2 aromatic rings. The first kappa shape index (κ1) is 14.7. The number of anilines is 1. The highest BCUT2D eigenvalue weighted by atomic mass is 79.9. The van der Waals surface area contributed by atoms with Gasteiger partial charge in [0.25, 0.3) is 5.91 Å². The van der Waals surface area contributed by atoms with E-state index >= 15 is 0 Å². The minimum Gasteiger partial charge on any atom is -0.384 e. The van der Waals surface area contributed by atoms with Crippen molar-refractivity contribution in [2.24, 2.45) is 0 Å². The lowest BCUT2D eigenvalue weighted by molar-refractivity contribution is 0.102. The molecule has 1 aromatic carbocycles. The van der Waals surface area contributed by atoms with Crippen LogP contribution >= 0.6 is 27.3 Å². The van der Waals surface area contributed by atoms with Crippen LogP contribution in [0.3, 0.4) is 0 Å². The van der Waals surface area contributed by atoms with Gasteiger partial charge in [-0.2, -0.15) is 0 Å². The Morgan fingerprint density at radius 2 is 2.25 bits per heavy atom. The second-order valence-corrected chi connectivity index (χ2v) is 6.04. The van der Waals surface area contributed by atoms with Crippen LogP contribution in [0.2, 0.25) is 0 Å². The molecule has 0 spiro atoms. The molecule has 2 N–H and O–H groups in total. The Labute approximate surface area is 127 Å². The summed E-state index contributed by atoms with van der Waals surface area (Å²) in [5.74, 6) is 4.08. The maximum atomic E-state index is 13.5. The summed E-state index contributed by atoms with van der Waals surface area (Å²) in [6.45, 7) is -0.348. The number of benzene rings is 1. The molecule has 1 amide bonds. The van der Waals surface area contributed by atoms with Gasteiger partial charge in [0, 0.05) is 11.1 Å². The standard InChI is InChI=1S/C14H9BrFNO2S/c15-13-7-10(8-20-13)14(19)17-11-3-4-12(16)9(6-11)2-1-5-18/h3-4,6-8,18H,5H2,(H,17,19). The van der Waals surface area contributed by atoms with Crippen LogP contribution in [-0.2, 0) is 0 Å². The molecule has 0 bridgehead atoms. The Morgan fingerprint density at radius 1 is 1.45 bits per heavy atom. The third-order valence-electron chi connectivity index (χ3n) is 2.36. The number of amides is 1. The average Bonchev–Trinajstić information content (AvgIpc) is 2.86. The largest absolute Gasteiger partial charge is 0.384 e. The van der Waals surface area contributed by atoms with E-state index in [1.807, 2.05) is 0 Å². The molecular weight excluding hydrogens is 345 g/mol. The fourth-order valence-corrected chi connectivity index (χ4v) is 2.60. The average molecular weight is 354 g/mol. The van der Waals surface area contributed by atoms with Gasteiger partial charge in [0.05, 0.1) is 14.9 Å². The van der Waals surface area contributed by atoms with Gasteiger partial charge in [-0.25, -0.2) is 4.39 Å². The zero-order valence-electron chi connectivity index (χ0n) is 10.1. The van der Waals surface area contributed by atoms with E-state index in [1.165, 1.54) is 29.5 Å². The first-order chi connectivity index (χ1) is 9.60. The van der Waals surface area contributed by atoms with Crippen LogP contribution in [0.15, 0.2) is 33.4 Å². The molecule has 0 aliphatic rings. The fourth-order valence-electron chi connectivity index (χ4n) is 1.47. The van der Waals surface area contributed by atoms with Crippen molar-refractivity contribution in [1.29, 1.82) is 0 Å². The van der Waals surface area contributed by atoms with Crippen molar-refractivity contribution in [2.75, 3.05) is 11.9 Å². The number of hydrogen-bond donors (Lipinski definition) is 2. The van der Waals surface area contributed by atoms with Crippen molar-refractivity contribution in [3.63, 3.8) is 0 Å². The van der Waals surface area contributed by atoms with Gasteiger partial charge in [0.2, 0.25) is 0 Å². The maximum absolute atomic E-state index is 13.5. The quantitative estimate of drug-likeness (QED) is 0.814. The van der Waals surface area contributed by atoms with Crippen LogP contribution < -0.4 is 5.32 Å². The molecule has 0 aliphatic heterocycles. The van der Waals surface area contributed by atoms with E-state index in [9.17, 15) is 9.18 Å². The van der Waals surface area contributed by atoms with E-state index in [0.29, 0.717) is 11.3 Å². The van der Waals surface area contributed by atoms with E-state index in [-0.39, 0.29) is 18.1 Å². The Morgan fingerprint density at radius 3 is 2.90 bits per heavy atom. The Balaban J connectivity index is 2.19. The van der Waals surface area contributed by atoms with Crippen LogP contribution in [0, 0.1) is 17.7 Å². The molecule has 0 aliphatic carbocycles. The van der Waals surface area contributed by atoms with Gasteiger partial charge >= 0.3 is 0 Å². The molecular formula is C14H9BrFNO2S. The molecule has 3 nitrogen and oxygen atoms in total. The number of thiophene rings is 1. The first-order valence-corrected chi connectivity index (χ1v) is 7.22. The smallest absolute Gasteiger partial charge is 0.256 e. The predicted octanol–water partition coefficient (Wildman–Crippen LogP) is 3.25. The highest BCUT2D eigenvalue weighted by Crippen LogP contribution is 2.22. The molecule has 0 radical (unpaired) electrons. The second kappa shape index (κ2) is 6.66. The minimum absolute atomic E-state index is 0.128. The lowest BCUT2D eigenvalue weighted by atomic mass is 10.2. The second-order valence-electron chi connectivity index (χ2n) is 3.75. The molecule has 102 valence electrons. The summed E-state index contributed by atoms with van der Waals surface area (Å²) in [4.78, 5) is 11.9. The van der Waals surface area contributed by atoms with Crippen molar-refractivity contribution < 1.29 is 14.3 Å². The van der Waals surface area contributed by atoms with Crippen molar-refractivity contribution in [2.45, 2.75) is 0 Å². The number of hydrogen-bond acceptors (Lipinski definition) is 3. The van der Waals surface area contributed by atoms with Crippen LogP contribution in [0.25, 0.3) is 0 Å². The van der Waals surface area contributed by atoms with Crippen molar-refractivity contribution in [3.05, 3.63) is 50.4 Å². The maximum Gasteiger partial charge on any atom is 0.256 e. The van der Waals surface area contributed by atoms with Gasteiger partial charge in [-0.05, 0) is 40.2 Å². The zero-order valence-corrected chi connectivity index (χ0v) is 12.5. The van der Waals surface area contributed by atoms with E-state index in [4.69, 9.17) is 5.11 Å². The van der Waals surface area contributed by atoms with Crippen molar-refractivity contribution in [3.8, 4) is 11.8 Å². The molecule has 6 heteroatoms. The number of nitrogens with one attached hydrogen (secondary N) is 1. The number of aliphatic hydroxyl groups is 1. The van der Waals surface area contributed by atoms with Crippen LogP contribution in [-0.4, -0.2) is 17.6 Å². The summed E-state index contributed by atoms with van der Waals surface area (Å²) in [6, 6.07) is 5.81. The summed E-state index contributed by atoms with van der Waals surface area (Å²) in [7, 11) is 0. The van der Waals surface area contributed by atoms with Gasteiger partial charge in [0.1, 0.15) is 12.4 Å². The molecule has 0 saturated heterocycles. The summed E-state index contributed by atoms with van der Waals surface area (Å²) in [5.41, 5.74) is 1.10. The van der Waals surface area contributed by atoms with Crippen LogP contribution in [0.5, 0.6) is 0 Å². The number of carbonyl (C=O) groups excluding carboxylic acids is 1. The summed E-state index contributed by atoms with van der Waals surface area (Å²) in [5, 5.41) is 13.0. The molecule has 0 unspecified atom stereocenters. The van der Waals surface area contributed by atoms with E-state index in [0.717, 1.165) is 3.79 Å². The summed E-state index contributed by atoms with van der Waals surface area (Å²) >= 11 is 4.69. The third kappa shape index (κ3) is 3.67. The highest BCUT2D eigenvalue weighted by Gasteiger charge is 2.09. The molecule has 1 aromatic heterocycles. The normalized spacial score (nSPS) is 9.75. The van der Waals surface area contributed by atoms with Crippen LogP contribution in [0.4, 0.5) is 10.1 Å². The topological polar surface area (TPSA) is 49.3 Å². The van der Waals surface area contributed by atoms with E-state index in [2.05, 4.69) is 33.1 Å². The van der Waals surface area contributed by atoms with E-state index in [1.54, 1.807) is 11.4 Å². The van der Waals surface area contributed by atoms with Gasteiger partial charge in [0.15, 0.2) is 0 Å². The lowest BCUT2D eigenvalue weighted by Crippen LogP contribution is -2.11. The minimum atomic E-state index is -0.498. The SMILES string of the molecule is O=C(Nc1ccc(F)c(C#CCO)c1)c1csc(Br)c1. The Bertz CT molecular complexity index is 703. The molecule has 1 heterocycles. The third-order valence-corrected chi connectivity index (χ3v) is 3.86. The Hall–Kier alpha value is -1.68. The van der Waals surface area contributed by atoms with Gasteiger partial charge in [-0.15, -0.1) is 11.3 Å². The van der Waals surface area contributed by atoms with Crippen molar-refractivity contribution >= 4 is 38.9 Å². The molecule has 0 saturated carbocycles. The highest BCUT2D eigenvalue weighted by molar-refractivity contribution is 9.11. The number of halogens is 2. The number of carbonyl (C=O) groups is 1. The molecule has 20 heavy (non-hydrogen) atoms. The van der Waals surface area contributed by atoms with Gasteiger partial charge in [-0.3, -0.25) is 4.79 Å². The van der Waals surface area contributed by atoms with Crippen LogP contribution in [0.1, 0.15) is 15.9 Å². The zero-order chi connectivity index (χ0) is 14.5. The lowest BCUT2D eigenvalue weighted by Gasteiger charge is -2.05. The Kier molecular flexibility index (Phi) is 4.90. The van der Waals surface area contributed by atoms with Crippen molar-refractivity contribution in [1.82, 2.24) is 0 Å². The first-order valence-electron chi connectivity index (χ1n) is 5.55. The fraction of sp³-hybridized carbons (Fsp3) is 0.0714. The predicted molar refractivity (Wildman–Crippen MR) is 80.3 cm³/mol.